The predicted molar refractivity (Wildman–Crippen MR) is 111 cm³/mol. The van der Waals surface area contributed by atoms with E-state index in [1.807, 2.05) is 0 Å². The standard InChI is InChI=1S/C20H18FNO5S2/c1-2-12-9-13(7-8-16(12)21)29(26,27)22-17-10-18(28-11-19(23)24)20(25)15-6-4-3-5-14(15)17/h3-10,22,25H,2,11H2,1H3,(H,23,24). The molecule has 3 aromatic carbocycles. The Morgan fingerprint density at radius 2 is 1.83 bits per heavy atom. The molecule has 0 bridgehead atoms. The molecule has 0 fully saturated rings. The molecular formula is C20H18FNO5S2. The van der Waals surface area contributed by atoms with E-state index in [9.17, 15) is 22.7 Å². The predicted octanol–water partition coefficient (Wildman–Crippen LogP) is 4.22. The van der Waals surface area contributed by atoms with Gasteiger partial charge in [0.15, 0.2) is 0 Å². The average Bonchev–Trinajstić information content (AvgIpc) is 2.69. The van der Waals surface area contributed by atoms with Gasteiger partial charge in [-0.1, -0.05) is 31.2 Å². The molecule has 0 aromatic heterocycles. The van der Waals surface area contributed by atoms with Gasteiger partial charge in [0.1, 0.15) is 11.6 Å². The number of phenols is 1. The van der Waals surface area contributed by atoms with Gasteiger partial charge in [0.25, 0.3) is 10.0 Å². The fraction of sp³-hybridized carbons (Fsp3) is 0.150. The molecule has 0 heterocycles. The number of sulfonamides is 1. The van der Waals surface area contributed by atoms with Crippen molar-refractivity contribution in [2.45, 2.75) is 23.1 Å². The summed E-state index contributed by atoms with van der Waals surface area (Å²) in [7, 11) is -4.04. The lowest BCUT2D eigenvalue weighted by molar-refractivity contribution is -0.133. The van der Waals surface area contributed by atoms with Gasteiger partial charge in [-0.25, -0.2) is 12.8 Å². The fourth-order valence-electron chi connectivity index (χ4n) is 2.86. The van der Waals surface area contributed by atoms with Crippen LogP contribution in [0.15, 0.2) is 58.3 Å². The van der Waals surface area contributed by atoms with Crippen molar-refractivity contribution in [1.29, 1.82) is 0 Å². The summed E-state index contributed by atoms with van der Waals surface area (Å²) in [5, 5.41) is 20.2. The highest BCUT2D eigenvalue weighted by atomic mass is 32.2. The van der Waals surface area contributed by atoms with E-state index in [0.717, 1.165) is 17.8 Å². The van der Waals surface area contributed by atoms with E-state index in [1.54, 1.807) is 31.2 Å². The Morgan fingerprint density at radius 3 is 2.48 bits per heavy atom. The molecule has 29 heavy (non-hydrogen) atoms. The Bertz CT molecular complexity index is 1190. The van der Waals surface area contributed by atoms with Crippen LogP contribution in [0.5, 0.6) is 5.75 Å². The van der Waals surface area contributed by atoms with Crippen molar-refractivity contribution in [1.82, 2.24) is 0 Å². The van der Waals surface area contributed by atoms with Crippen molar-refractivity contribution in [3.63, 3.8) is 0 Å². The number of thioether (sulfide) groups is 1. The second kappa shape index (κ2) is 8.30. The molecule has 0 unspecified atom stereocenters. The minimum absolute atomic E-state index is 0.0901. The molecule has 152 valence electrons. The highest BCUT2D eigenvalue weighted by Crippen LogP contribution is 2.40. The molecule has 0 saturated heterocycles. The molecule has 0 amide bonds. The number of aliphatic carboxylic acids is 1. The van der Waals surface area contributed by atoms with Crippen molar-refractivity contribution in [3.8, 4) is 5.75 Å². The van der Waals surface area contributed by atoms with E-state index >= 15 is 0 Å². The SMILES string of the molecule is CCc1cc(S(=O)(=O)Nc2cc(SCC(=O)O)c(O)c3ccccc23)ccc1F. The number of hydrogen-bond acceptors (Lipinski definition) is 5. The number of carbonyl (C=O) groups is 1. The quantitative estimate of drug-likeness (QED) is 0.379. The van der Waals surface area contributed by atoms with Crippen molar-refractivity contribution >= 4 is 44.2 Å². The van der Waals surface area contributed by atoms with Crippen LogP contribution in [0.4, 0.5) is 10.1 Å². The van der Waals surface area contributed by atoms with Crippen LogP contribution in [0, 0.1) is 5.82 Å². The monoisotopic (exact) mass is 435 g/mol. The van der Waals surface area contributed by atoms with Gasteiger partial charge in [0, 0.05) is 10.8 Å². The lowest BCUT2D eigenvalue weighted by Crippen LogP contribution is -2.14. The molecule has 9 heteroatoms. The van der Waals surface area contributed by atoms with Crippen molar-refractivity contribution < 1.29 is 27.8 Å². The van der Waals surface area contributed by atoms with Gasteiger partial charge in [0.05, 0.1) is 21.2 Å². The van der Waals surface area contributed by atoms with Gasteiger partial charge >= 0.3 is 5.97 Å². The first-order chi connectivity index (χ1) is 13.7. The minimum atomic E-state index is -4.04. The zero-order valence-corrected chi connectivity index (χ0v) is 17.0. The first-order valence-electron chi connectivity index (χ1n) is 8.63. The summed E-state index contributed by atoms with van der Waals surface area (Å²) in [5.74, 6) is -1.96. The number of carboxylic acid groups (broad SMARTS) is 1. The van der Waals surface area contributed by atoms with Crippen LogP contribution in [-0.2, 0) is 21.2 Å². The normalized spacial score (nSPS) is 11.5. The second-order valence-corrected chi connectivity index (χ2v) is 8.91. The summed E-state index contributed by atoms with van der Waals surface area (Å²) in [5.41, 5.74) is 0.467. The molecule has 0 spiro atoms. The lowest BCUT2D eigenvalue weighted by Gasteiger charge is -2.15. The summed E-state index contributed by atoms with van der Waals surface area (Å²) in [6.45, 7) is 1.72. The van der Waals surface area contributed by atoms with Crippen LogP contribution in [0.1, 0.15) is 12.5 Å². The van der Waals surface area contributed by atoms with Gasteiger partial charge in [-0.05, 0) is 36.2 Å². The fourth-order valence-corrected chi connectivity index (χ4v) is 4.71. The maximum atomic E-state index is 13.7. The number of rotatable bonds is 7. The molecule has 3 rings (SSSR count). The molecule has 6 nitrogen and oxygen atoms in total. The number of carboxylic acids is 1. The molecule has 0 radical (unpaired) electrons. The summed E-state index contributed by atoms with van der Waals surface area (Å²) < 4.78 is 42.0. The maximum absolute atomic E-state index is 13.7. The Kier molecular flexibility index (Phi) is 5.99. The number of anilines is 1. The third kappa shape index (κ3) is 4.46. The van der Waals surface area contributed by atoms with Gasteiger partial charge in [-0.15, -0.1) is 11.8 Å². The molecule has 0 saturated carbocycles. The number of fused-ring (bicyclic) bond motifs is 1. The van der Waals surface area contributed by atoms with Crippen LogP contribution in [0.25, 0.3) is 10.8 Å². The molecule has 0 aliphatic carbocycles. The lowest BCUT2D eigenvalue weighted by atomic mass is 10.1. The van der Waals surface area contributed by atoms with E-state index in [1.165, 1.54) is 18.2 Å². The smallest absolute Gasteiger partial charge is 0.313 e. The Balaban J connectivity index is 2.09. The summed E-state index contributed by atoms with van der Waals surface area (Å²) in [6.07, 6.45) is 0.341. The Hall–Kier alpha value is -2.78. The highest BCUT2D eigenvalue weighted by molar-refractivity contribution is 8.00. The van der Waals surface area contributed by atoms with Crippen molar-refractivity contribution in [2.75, 3.05) is 10.5 Å². The van der Waals surface area contributed by atoms with Gasteiger partial charge in [-0.2, -0.15) is 0 Å². The van der Waals surface area contributed by atoms with E-state index in [0.29, 0.717) is 17.2 Å². The highest BCUT2D eigenvalue weighted by Gasteiger charge is 2.20. The van der Waals surface area contributed by atoms with E-state index in [-0.39, 0.29) is 32.5 Å². The molecular weight excluding hydrogens is 417 g/mol. The second-order valence-electron chi connectivity index (χ2n) is 6.21. The van der Waals surface area contributed by atoms with Crippen LogP contribution < -0.4 is 4.72 Å². The van der Waals surface area contributed by atoms with Crippen molar-refractivity contribution in [3.05, 3.63) is 59.9 Å². The topological polar surface area (TPSA) is 104 Å². The van der Waals surface area contributed by atoms with Gasteiger partial charge in [-0.3, -0.25) is 9.52 Å². The number of halogens is 1. The zero-order valence-electron chi connectivity index (χ0n) is 15.3. The van der Waals surface area contributed by atoms with Gasteiger partial charge in [0.2, 0.25) is 0 Å². The van der Waals surface area contributed by atoms with Crippen LogP contribution in [0.2, 0.25) is 0 Å². The van der Waals surface area contributed by atoms with Crippen LogP contribution in [-0.4, -0.2) is 30.4 Å². The molecule has 0 aliphatic rings. The molecule has 3 aromatic rings. The van der Waals surface area contributed by atoms with Crippen molar-refractivity contribution in [2.24, 2.45) is 0 Å². The molecule has 0 atom stereocenters. The average molecular weight is 435 g/mol. The number of nitrogens with one attached hydrogen (secondary N) is 1. The Morgan fingerprint density at radius 1 is 1.14 bits per heavy atom. The largest absolute Gasteiger partial charge is 0.506 e. The molecule has 3 N–H and O–H groups in total. The van der Waals surface area contributed by atoms with Gasteiger partial charge < -0.3 is 10.2 Å². The van der Waals surface area contributed by atoms with E-state index in [2.05, 4.69) is 4.72 Å². The zero-order chi connectivity index (χ0) is 21.2. The molecule has 0 aliphatic heterocycles. The van der Waals surface area contributed by atoms with E-state index in [4.69, 9.17) is 5.11 Å². The minimum Gasteiger partial charge on any atom is -0.506 e. The number of aryl methyl sites for hydroxylation is 1. The van der Waals surface area contributed by atoms with Crippen LogP contribution in [0.3, 0.4) is 0 Å². The van der Waals surface area contributed by atoms with Crippen LogP contribution >= 0.6 is 11.8 Å². The first-order valence-corrected chi connectivity index (χ1v) is 11.1. The van der Waals surface area contributed by atoms with E-state index < -0.39 is 21.8 Å². The number of phenolic OH excluding ortho intramolecular Hbond substituents is 1. The number of benzene rings is 3. The Labute approximate surface area is 171 Å². The maximum Gasteiger partial charge on any atom is 0.313 e. The summed E-state index contributed by atoms with van der Waals surface area (Å²) in [4.78, 5) is 11.0. The third-order valence-corrected chi connectivity index (χ3v) is 6.66. The summed E-state index contributed by atoms with van der Waals surface area (Å²) in [6, 6.07) is 11.6. The first kappa shape index (κ1) is 20.9. The number of hydrogen-bond donors (Lipinski definition) is 3. The number of aromatic hydroxyl groups is 1. The summed E-state index contributed by atoms with van der Waals surface area (Å²) >= 11 is 0.880. The third-order valence-electron chi connectivity index (χ3n) is 4.29.